The van der Waals surface area contributed by atoms with Gasteiger partial charge in [-0.05, 0) is 18.9 Å². The largest absolute Gasteiger partial charge is 0.278 e. The lowest BCUT2D eigenvalue weighted by atomic mass is 10.5. The molecule has 1 rings (SSSR count). The number of nitrogens with one attached hydrogen (secondary N) is 2. The van der Waals surface area contributed by atoms with E-state index in [0.29, 0.717) is 0 Å². The van der Waals surface area contributed by atoms with Crippen LogP contribution in [0.3, 0.4) is 0 Å². The Morgan fingerprint density at radius 2 is 2.50 bits per heavy atom. The lowest BCUT2D eigenvalue weighted by Gasteiger charge is -2.08. The van der Waals surface area contributed by atoms with Crippen LogP contribution in [0.4, 0.5) is 0 Å². The molecule has 0 spiro atoms. The van der Waals surface area contributed by atoms with Crippen molar-refractivity contribution in [3.63, 3.8) is 0 Å². The van der Waals surface area contributed by atoms with Gasteiger partial charge in [-0.3, -0.25) is 10.2 Å². The van der Waals surface area contributed by atoms with Crippen LogP contribution in [0.2, 0.25) is 0 Å². The number of allylic oxidation sites excluding steroid dienone is 1. The van der Waals surface area contributed by atoms with Gasteiger partial charge in [-0.2, -0.15) is 4.83 Å². The maximum Gasteiger partial charge on any atom is 0.259 e. The smallest absolute Gasteiger partial charge is 0.259 e. The molecule has 1 heterocycles. The molecule has 0 radical (unpaired) electrons. The molecule has 8 heavy (non-hydrogen) atoms. The molecule has 1 amide bonds. The topological polar surface area (TPSA) is 41.1 Å². The van der Waals surface area contributed by atoms with Crippen molar-refractivity contribution in [1.82, 2.24) is 10.3 Å². The summed E-state index contributed by atoms with van der Waals surface area (Å²) in [6, 6.07) is 0. The molecular formula is C4H6N2OS. The van der Waals surface area contributed by atoms with E-state index in [1.807, 2.05) is 6.92 Å². The zero-order valence-electron chi connectivity index (χ0n) is 4.39. The molecule has 2 N–H and O–H groups in total. The Bertz CT molecular complexity index is 143. The van der Waals surface area contributed by atoms with E-state index in [1.54, 1.807) is 6.08 Å². The number of rotatable bonds is 0. The average molecular weight is 130 g/mol. The van der Waals surface area contributed by atoms with Crippen molar-refractivity contribution in [1.29, 1.82) is 0 Å². The van der Waals surface area contributed by atoms with E-state index in [9.17, 15) is 4.79 Å². The summed E-state index contributed by atoms with van der Waals surface area (Å²) >= 11 is 1.40. The minimum absolute atomic E-state index is 0.0822. The fourth-order valence-electron chi connectivity index (χ4n) is 0.406. The normalized spacial score (nSPS) is 19.6. The van der Waals surface area contributed by atoms with Gasteiger partial charge in [0.15, 0.2) is 0 Å². The zero-order chi connectivity index (χ0) is 5.98. The second-order valence-corrected chi connectivity index (χ2v) is 2.50. The van der Waals surface area contributed by atoms with Crippen molar-refractivity contribution >= 4 is 17.9 Å². The Labute approximate surface area is 51.6 Å². The van der Waals surface area contributed by atoms with Crippen LogP contribution in [0.5, 0.6) is 0 Å². The second kappa shape index (κ2) is 2.19. The maximum atomic E-state index is 10.4. The van der Waals surface area contributed by atoms with Gasteiger partial charge in [0.1, 0.15) is 0 Å². The van der Waals surface area contributed by atoms with Crippen LogP contribution in [0.25, 0.3) is 0 Å². The quantitative estimate of drug-likeness (QED) is 0.459. The summed E-state index contributed by atoms with van der Waals surface area (Å²) in [6.45, 7) is 1.87. The molecule has 0 aromatic rings. The molecule has 1 aliphatic heterocycles. The number of carbonyl (C=O) groups is 1. The molecule has 3 nitrogen and oxygen atoms in total. The highest BCUT2D eigenvalue weighted by Crippen LogP contribution is 2.10. The van der Waals surface area contributed by atoms with Gasteiger partial charge in [-0.1, -0.05) is 0 Å². The second-order valence-electron chi connectivity index (χ2n) is 1.45. The van der Waals surface area contributed by atoms with E-state index in [-0.39, 0.29) is 5.91 Å². The van der Waals surface area contributed by atoms with Gasteiger partial charge in [0, 0.05) is 11.0 Å². The van der Waals surface area contributed by atoms with Crippen molar-refractivity contribution in [3.05, 3.63) is 11.0 Å². The van der Waals surface area contributed by atoms with Crippen LogP contribution in [-0.4, -0.2) is 5.91 Å². The summed E-state index contributed by atoms with van der Waals surface area (Å²) < 4.78 is 0. The van der Waals surface area contributed by atoms with Crippen molar-refractivity contribution in [2.45, 2.75) is 6.92 Å². The minimum atomic E-state index is -0.0822. The van der Waals surface area contributed by atoms with Gasteiger partial charge in [-0.25, -0.2) is 0 Å². The summed E-state index contributed by atoms with van der Waals surface area (Å²) in [7, 11) is 0. The highest BCUT2D eigenvalue weighted by molar-refractivity contribution is 8.01. The first kappa shape index (κ1) is 5.65. The third-order valence-corrected chi connectivity index (χ3v) is 1.36. The third kappa shape index (κ3) is 1.24. The highest BCUT2D eigenvalue weighted by Gasteiger charge is 2.02. The van der Waals surface area contributed by atoms with E-state index in [1.165, 1.54) is 11.9 Å². The van der Waals surface area contributed by atoms with Gasteiger partial charge in [-0.15, -0.1) is 0 Å². The lowest BCUT2D eigenvalue weighted by molar-refractivity contribution is -0.117. The summed E-state index contributed by atoms with van der Waals surface area (Å²) in [5, 5.41) is 0. The summed E-state index contributed by atoms with van der Waals surface area (Å²) in [5.74, 6) is -0.0822. The Morgan fingerprint density at radius 3 is 2.88 bits per heavy atom. The van der Waals surface area contributed by atoms with Crippen LogP contribution < -0.4 is 10.3 Å². The summed E-state index contributed by atoms with van der Waals surface area (Å²) in [4.78, 5) is 14.0. The van der Waals surface area contributed by atoms with Gasteiger partial charge >= 0.3 is 0 Å². The van der Waals surface area contributed by atoms with E-state index >= 15 is 0 Å². The predicted octanol–water partition coefficient (Wildman–Crippen LogP) is 0.173. The molecule has 4 heteroatoms. The Hall–Kier alpha value is -0.480. The molecule has 1 aliphatic rings. The average Bonchev–Trinajstić information content (AvgIpc) is 1.64. The monoisotopic (exact) mass is 130 g/mol. The Kier molecular flexibility index (Phi) is 1.55. The first-order chi connectivity index (χ1) is 3.79. The van der Waals surface area contributed by atoms with Crippen LogP contribution in [0.1, 0.15) is 6.92 Å². The molecule has 0 unspecified atom stereocenters. The number of hydrogen-bond acceptors (Lipinski definition) is 3. The molecule has 0 aromatic carbocycles. The number of hydrazine groups is 1. The molecule has 0 bridgehead atoms. The zero-order valence-corrected chi connectivity index (χ0v) is 5.21. The molecule has 0 atom stereocenters. The predicted molar refractivity (Wildman–Crippen MR) is 32.6 cm³/mol. The number of hydrogen-bond donors (Lipinski definition) is 2. The van der Waals surface area contributed by atoms with Crippen molar-refractivity contribution < 1.29 is 4.79 Å². The summed E-state index contributed by atoms with van der Waals surface area (Å²) in [6.07, 6.45) is 1.54. The van der Waals surface area contributed by atoms with E-state index in [2.05, 4.69) is 10.3 Å². The van der Waals surface area contributed by atoms with Gasteiger partial charge in [0.2, 0.25) is 0 Å². The number of amides is 1. The van der Waals surface area contributed by atoms with Gasteiger partial charge in [0.05, 0.1) is 0 Å². The van der Waals surface area contributed by atoms with Crippen LogP contribution in [0, 0.1) is 0 Å². The van der Waals surface area contributed by atoms with Crippen molar-refractivity contribution in [3.8, 4) is 0 Å². The molecule has 0 saturated carbocycles. The van der Waals surface area contributed by atoms with E-state index in [4.69, 9.17) is 0 Å². The third-order valence-electron chi connectivity index (χ3n) is 0.721. The van der Waals surface area contributed by atoms with E-state index < -0.39 is 0 Å². The van der Waals surface area contributed by atoms with Gasteiger partial charge in [0.25, 0.3) is 5.91 Å². The minimum Gasteiger partial charge on any atom is -0.278 e. The number of carbonyl (C=O) groups excluding carboxylic acids is 1. The molecule has 0 fully saturated rings. The first-order valence-corrected chi connectivity index (χ1v) is 3.01. The molecule has 0 aliphatic carbocycles. The molecule has 44 valence electrons. The maximum absolute atomic E-state index is 10.4. The fourth-order valence-corrected chi connectivity index (χ4v) is 0.885. The molecule has 0 aromatic heterocycles. The first-order valence-electron chi connectivity index (χ1n) is 2.19. The van der Waals surface area contributed by atoms with Crippen molar-refractivity contribution in [2.75, 3.05) is 0 Å². The highest BCUT2D eigenvalue weighted by atomic mass is 32.2. The Morgan fingerprint density at radius 1 is 1.75 bits per heavy atom. The van der Waals surface area contributed by atoms with Crippen LogP contribution in [0.15, 0.2) is 11.0 Å². The Balaban J connectivity index is 2.64. The standard InChI is InChI=1S/C4H6N2OS/c1-3-2-4(7)5-6-8-3/h2,6H,1H3,(H,5,7). The van der Waals surface area contributed by atoms with E-state index in [0.717, 1.165) is 4.91 Å². The van der Waals surface area contributed by atoms with Crippen molar-refractivity contribution in [2.24, 2.45) is 0 Å². The molecule has 0 saturated heterocycles. The van der Waals surface area contributed by atoms with Crippen LogP contribution in [-0.2, 0) is 4.79 Å². The fraction of sp³-hybridized carbons (Fsp3) is 0.250. The van der Waals surface area contributed by atoms with Gasteiger partial charge < -0.3 is 0 Å². The molecular weight excluding hydrogens is 124 g/mol. The lowest BCUT2D eigenvalue weighted by Crippen LogP contribution is -2.33. The SMILES string of the molecule is CC1=CC(=O)NNS1. The summed E-state index contributed by atoms with van der Waals surface area (Å²) in [5.41, 5.74) is 2.41. The van der Waals surface area contributed by atoms with Crippen LogP contribution >= 0.6 is 11.9 Å².